The maximum Gasteiger partial charge on any atom is 0.0170 e. The van der Waals surface area contributed by atoms with Gasteiger partial charge in [-0.25, -0.2) is 0 Å². The molecule has 0 aromatic heterocycles. The Morgan fingerprint density at radius 3 is 1.94 bits per heavy atom. The quantitative estimate of drug-likeness (QED) is 0.749. The van der Waals surface area contributed by atoms with Crippen molar-refractivity contribution < 1.29 is 0 Å². The lowest BCUT2D eigenvalue weighted by molar-refractivity contribution is 0.0976. The lowest BCUT2D eigenvalue weighted by Gasteiger charge is -2.39. The van der Waals surface area contributed by atoms with Crippen LogP contribution >= 0.6 is 0 Å². The third-order valence-corrected chi connectivity index (χ3v) is 6.86. The summed E-state index contributed by atoms with van der Waals surface area (Å²) in [5, 5.41) is 0. The van der Waals surface area contributed by atoms with Crippen molar-refractivity contribution in [2.24, 2.45) is 29.4 Å². The van der Waals surface area contributed by atoms with Gasteiger partial charge in [-0.3, -0.25) is 4.90 Å². The Labute approximate surface area is 104 Å². The van der Waals surface area contributed by atoms with Gasteiger partial charge in [-0.15, -0.1) is 0 Å². The Kier molecular flexibility index (Phi) is 1.78. The molecule has 0 aromatic carbocycles. The van der Waals surface area contributed by atoms with Crippen LogP contribution in [0, 0.1) is 23.7 Å². The SMILES string of the molecule is NC1CC2CCC(C1)N2C1C2C3CCC(C3)C21. The van der Waals surface area contributed by atoms with Crippen LogP contribution in [-0.2, 0) is 0 Å². The molecule has 2 heteroatoms. The fourth-order valence-electron chi connectivity index (χ4n) is 6.42. The molecule has 2 saturated heterocycles. The van der Waals surface area contributed by atoms with Crippen molar-refractivity contribution in [3.63, 3.8) is 0 Å². The van der Waals surface area contributed by atoms with Crippen LogP contribution in [0.4, 0.5) is 0 Å². The van der Waals surface area contributed by atoms with Crippen LogP contribution in [0.2, 0.25) is 0 Å². The molecule has 6 atom stereocenters. The van der Waals surface area contributed by atoms with Crippen molar-refractivity contribution in [2.75, 3.05) is 0 Å². The molecule has 6 unspecified atom stereocenters. The normalized spacial score (nSPS) is 64.1. The Morgan fingerprint density at radius 2 is 1.35 bits per heavy atom. The highest BCUT2D eigenvalue weighted by atomic mass is 15.3. The van der Waals surface area contributed by atoms with Gasteiger partial charge < -0.3 is 5.73 Å². The fraction of sp³-hybridized carbons (Fsp3) is 1.00. The molecular weight excluding hydrogens is 208 g/mol. The Bertz CT molecular complexity index is 325. The lowest BCUT2D eigenvalue weighted by Crippen LogP contribution is -2.49. The van der Waals surface area contributed by atoms with Crippen molar-refractivity contribution in [2.45, 2.75) is 69.1 Å². The number of nitrogens with zero attached hydrogens (tertiary/aromatic N) is 1. The predicted molar refractivity (Wildman–Crippen MR) is 67.5 cm³/mol. The lowest BCUT2D eigenvalue weighted by atomic mass is 9.96. The Hall–Kier alpha value is -0.0800. The van der Waals surface area contributed by atoms with Gasteiger partial charge in [0.15, 0.2) is 0 Å². The molecule has 2 aliphatic heterocycles. The fourth-order valence-corrected chi connectivity index (χ4v) is 6.42. The van der Waals surface area contributed by atoms with Crippen molar-refractivity contribution in [1.82, 2.24) is 4.90 Å². The molecule has 0 spiro atoms. The summed E-state index contributed by atoms with van der Waals surface area (Å²) in [4.78, 5) is 2.98. The molecule has 5 aliphatic rings. The predicted octanol–water partition coefficient (Wildman–Crippen LogP) is 1.98. The van der Waals surface area contributed by atoms with Gasteiger partial charge in [0.1, 0.15) is 0 Å². The smallest absolute Gasteiger partial charge is 0.0170 e. The van der Waals surface area contributed by atoms with E-state index in [1.807, 2.05) is 0 Å². The number of hydrogen-bond donors (Lipinski definition) is 1. The summed E-state index contributed by atoms with van der Waals surface area (Å²) in [5.41, 5.74) is 6.19. The van der Waals surface area contributed by atoms with Gasteiger partial charge >= 0.3 is 0 Å². The molecule has 17 heavy (non-hydrogen) atoms. The summed E-state index contributed by atoms with van der Waals surface area (Å²) >= 11 is 0. The van der Waals surface area contributed by atoms with E-state index in [-0.39, 0.29) is 0 Å². The van der Waals surface area contributed by atoms with Gasteiger partial charge in [0, 0.05) is 24.2 Å². The molecule has 2 heterocycles. The molecule has 3 aliphatic carbocycles. The summed E-state index contributed by atoms with van der Waals surface area (Å²) in [7, 11) is 0. The zero-order chi connectivity index (χ0) is 11.1. The summed E-state index contributed by atoms with van der Waals surface area (Å²) in [5.74, 6) is 4.52. The Morgan fingerprint density at radius 1 is 0.765 bits per heavy atom. The molecule has 2 N–H and O–H groups in total. The number of nitrogens with two attached hydrogens (primary N) is 1. The molecule has 0 radical (unpaired) electrons. The average Bonchev–Trinajstić information content (AvgIpc) is 2.64. The summed E-state index contributed by atoms with van der Waals surface area (Å²) in [6.45, 7) is 0. The van der Waals surface area contributed by atoms with E-state index in [0.717, 1.165) is 41.8 Å². The molecular formula is C15H24N2. The van der Waals surface area contributed by atoms with Crippen LogP contribution in [0.3, 0.4) is 0 Å². The van der Waals surface area contributed by atoms with Crippen LogP contribution in [0.1, 0.15) is 44.9 Å². The first-order valence-corrected chi connectivity index (χ1v) is 7.86. The maximum absolute atomic E-state index is 6.19. The molecule has 3 saturated carbocycles. The number of rotatable bonds is 1. The van der Waals surface area contributed by atoms with E-state index in [1.165, 1.54) is 25.7 Å². The van der Waals surface area contributed by atoms with E-state index >= 15 is 0 Å². The minimum Gasteiger partial charge on any atom is -0.328 e. The van der Waals surface area contributed by atoms with Crippen molar-refractivity contribution in [3.8, 4) is 0 Å². The van der Waals surface area contributed by atoms with Crippen molar-refractivity contribution in [3.05, 3.63) is 0 Å². The van der Waals surface area contributed by atoms with Gasteiger partial charge in [-0.2, -0.15) is 0 Å². The van der Waals surface area contributed by atoms with Crippen LogP contribution in [0.15, 0.2) is 0 Å². The minimum atomic E-state index is 0.513. The van der Waals surface area contributed by atoms with E-state index in [2.05, 4.69) is 4.90 Å². The molecule has 4 bridgehead atoms. The molecule has 2 nitrogen and oxygen atoms in total. The second-order valence-electron chi connectivity index (χ2n) is 7.54. The third kappa shape index (κ3) is 1.14. The second-order valence-corrected chi connectivity index (χ2v) is 7.54. The molecule has 0 aromatic rings. The number of fused-ring (bicyclic) bond motifs is 7. The summed E-state index contributed by atoms with van der Waals surface area (Å²) in [6.07, 6.45) is 10.2. The zero-order valence-corrected chi connectivity index (χ0v) is 10.6. The van der Waals surface area contributed by atoms with Crippen molar-refractivity contribution >= 4 is 0 Å². The maximum atomic E-state index is 6.19. The van der Waals surface area contributed by atoms with Crippen molar-refractivity contribution in [1.29, 1.82) is 0 Å². The van der Waals surface area contributed by atoms with E-state index in [9.17, 15) is 0 Å². The zero-order valence-electron chi connectivity index (χ0n) is 10.6. The summed E-state index contributed by atoms with van der Waals surface area (Å²) in [6, 6.07) is 3.28. The molecule has 94 valence electrons. The third-order valence-electron chi connectivity index (χ3n) is 6.86. The minimum absolute atomic E-state index is 0.513. The highest BCUT2D eigenvalue weighted by Crippen LogP contribution is 2.68. The van der Waals surface area contributed by atoms with E-state index in [1.54, 1.807) is 19.3 Å². The van der Waals surface area contributed by atoms with Gasteiger partial charge in [0.2, 0.25) is 0 Å². The number of piperidine rings is 1. The van der Waals surface area contributed by atoms with Gasteiger partial charge in [-0.05, 0) is 68.6 Å². The highest BCUT2D eigenvalue weighted by Gasteiger charge is 2.68. The largest absolute Gasteiger partial charge is 0.328 e. The number of hydrogen-bond acceptors (Lipinski definition) is 2. The van der Waals surface area contributed by atoms with E-state index in [4.69, 9.17) is 5.73 Å². The Balaban J connectivity index is 1.41. The average molecular weight is 232 g/mol. The summed E-state index contributed by atoms with van der Waals surface area (Å²) < 4.78 is 0. The first-order valence-electron chi connectivity index (χ1n) is 7.86. The van der Waals surface area contributed by atoms with E-state index < -0.39 is 0 Å². The molecule has 5 rings (SSSR count). The first-order chi connectivity index (χ1) is 8.33. The molecule has 5 fully saturated rings. The topological polar surface area (TPSA) is 29.3 Å². The van der Waals surface area contributed by atoms with Crippen LogP contribution < -0.4 is 5.73 Å². The standard InChI is InChI=1S/C15H24N2/c16-10-6-11-3-4-12(7-10)17(11)15-13-8-1-2-9(5-8)14(13)15/h8-15H,1-7,16H2. The highest BCUT2D eigenvalue weighted by molar-refractivity contribution is 5.20. The van der Waals surface area contributed by atoms with Gasteiger partial charge in [0.05, 0.1) is 0 Å². The van der Waals surface area contributed by atoms with Gasteiger partial charge in [0.25, 0.3) is 0 Å². The second kappa shape index (κ2) is 3.08. The van der Waals surface area contributed by atoms with Crippen LogP contribution in [-0.4, -0.2) is 29.1 Å². The van der Waals surface area contributed by atoms with Crippen LogP contribution in [0.25, 0.3) is 0 Å². The monoisotopic (exact) mass is 232 g/mol. The first kappa shape index (κ1) is 9.80. The van der Waals surface area contributed by atoms with E-state index in [0.29, 0.717) is 6.04 Å². The molecule has 0 amide bonds. The van der Waals surface area contributed by atoms with Gasteiger partial charge in [-0.1, -0.05) is 0 Å². The van der Waals surface area contributed by atoms with Crippen LogP contribution in [0.5, 0.6) is 0 Å².